The van der Waals surface area contributed by atoms with Crippen molar-refractivity contribution >= 4 is 68.8 Å². The molecule has 0 saturated heterocycles. The van der Waals surface area contributed by atoms with Crippen LogP contribution in [0.5, 0.6) is 0 Å². The molecule has 4 heterocycles. The quantitative estimate of drug-likeness (QED) is 0.528. The molecule has 3 aromatic rings. The molecule has 8 nitrogen and oxygen atoms in total. The highest BCUT2D eigenvalue weighted by Gasteiger charge is 2.24. The largest absolute Gasteiger partial charge is 0.343 e. The maximum Gasteiger partial charge on any atom is 0.343 e. The number of hydrogen-bond donors (Lipinski definition) is 2. The third-order valence-corrected chi connectivity index (χ3v) is 7.32. The summed E-state index contributed by atoms with van der Waals surface area (Å²) in [4.78, 5) is 35.0. The highest BCUT2D eigenvalue weighted by molar-refractivity contribution is 8.03. The SMILES string of the molecule is CCC(/C=C1\Sc2ccc(NC(C)=O)nc2N1C)=C\c1sc2ccc(NC(C)=O)nc2[n+]1C. The molecule has 2 amide bonds. The number of carbonyl (C=O) groups is 2. The van der Waals surface area contributed by atoms with Gasteiger partial charge in [0.25, 0.3) is 0 Å². The van der Waals surface area contributed by atoms with Gasteiger partial charge >= 0.3 is 5.65 Å². The molecule has 0 spiro atoms. The molecule has 170 valence electrons. The molecule has 33 heavy (non-hydrogen) atoms. The van der Waals surface area contributed by atoms with Crippen LogP contribution in [-0.4, -0.2) is 28.8 Å². The molecule has 0 aliphatic carbocycles. The molecule has 4 rings (SSSR count). The number of amides is 2. The van der Waals surface area contributed by atoms with Gasteiger partial charge in [-0.3, -0.25) is 14.9 Å². The van der Waals surface area contributed by atoms with E-state index < -0.39 is 0 Å². The van der Waals surface area contributed by atoms with Crippen molar-refractivity contribution in [3.05, 3.63) is 46.0 Å². The number of thiazole rings is 1. The molecule has 0 atom stereocenters. The molecular formula is C23H25N6O2S2+. The number of nitrogens with zero attached hydrogens (tertiary/aromatic N) is 4. The zero-order chi connectivity index (χ0) is 23.7. The van der Waals surface area contributed by atoms with E-state index in [2.05, 4.69) is 39.7 Å². The van der Waals surface area contributed by atoms with Crippen LogP contribution in [0.4, 0.5) is 17.5 Å². The van der Waals surface area contributed by atoms with Gasteiger partial charge in [-0.2, -0.15) is 0 Å². The lowest BCUT2D eigenvalue weighted by molar-refractivity contribution is -0.644. The van der Waals surface area contributed by atoms with Gasteiger partial charge in [0.15, 0.2) is 5.01 Å². The standard InChI is InChI=1S/C23H24N6O2S2/c1-6-15(11-20-28(4)22-16(32-20)7-9-18(26-22)24-13(2)30)12-21-29(5)23-17(33-21)8-10-19(27-23)25-14(3)31/h7-12H,6H2,1-5H3,(H-,24,25,26,27,30,31)/p+1. The van der Waals surface area contributed by atoms with E-state index in [0.29, 0.717) is 11.6 Å². The predicted molar refractivity (Wildman–Crippen MR) is 134 cm³/mol. The molecule has 0 aromatic carbocycles. The number of pyridine rings is 2. The molecule has 1 aliphatic heterocycles. The molecule has 10 heteroatoms. The normalized spacial score (nSPS) is 14.6. The first-order valence-corrected chi connectivity index (χ1v) is 12.1. The fraction of sp³-hybridized carbons (Fsp3) is 0.261. The van der Waals surface area contributed by atoms with Gasteiger partial charge in [0.1, 0.15) is 16.3 Å². The summed E-state index contributed by atoms with van der Waals surface area (Å²) >= 11 is 3.32. The second kappa shape index (κ2) is 9.32. The minimum Gasteiger partial charge on any atom is -0.323 e. The summed E-state index contributed by atoms with van der Waals surface area (Å²) in [5.74, 6) is 1.64. The van der Waals surface area contributed by atoms with Crippen LogP contribution in [0, 0.1) is 0 Å². The molecule has 3 aromatic heterocycles. The Morgan fingerprint density at radius 3 is 2.42 bits per heavy atom. The predicted octanol–water partition coefficient (Wildman–Crippen LogP) is 4.31. The summed E-state index contributed by atoms with van der Waals surface area (Å²) in [6, 6.07) is 7.60. The number of allylic oxidation sites excluding steroid dienone is 2. The van der Waals surface area contributed by atoms with E-state index in [1.165, 1.54) is 19.4 Å². The van der Waals surface area contributed by atoms with Gasteiger partial charge in [-0.15, -0.1) is 0 Å². The van der Waals surface area contributed by atoms with Gasteiger partial charge in [-0.05, 0) is 47.3 Å². The zero-order valence-electron chi connectivity index (χ0n) is 19.1. The lowest BCUT2D eigenvalue weighted by Crippen LogP contribution is -2.30. The minimum atomic E-state index is -0.141. The number of hydrogen-bond acceptors (Lipinski definition) is 7. The summed E-state index contributed by atoms with van der Waals surface area (Å²) in [6.45, 7) is 5.08. The molecule has 0 unspecified atom stereocenters. The molecule has 1 aliphatic rings. The molecule has 0 fully saturated rings. The van der Waals surface area contributed by atoms with Crippen molar-refractivity contribution < 1.29 is 14.2 Å². The van der Waals surface area contributed by atoms with E-state index in [1.54, 1.807) is 23.1 Å². The van der Waals surface area contributed by atoms with Crippen molar-refractivity contribution in [3.8, 4) is 0 Å². The van der Waals surface area contributed by atoms with Crippen molar-refractivity contribution in [2.45, 2.75) is 32.1 Å². The Labute approximate surface area is 200 Å². The van der Waals surface area contributed by atoms with Crippen molar-refractivity contribution in [1.82, 2.24) is 9.97 Å². The summed E-state index contributed by atoms with van der Waals surface area (Å²) in [7, 11) is 3.96. The first-order chi connectivity index (χ1) is 15.7. The second-order valence-corrected chi connectivity index (χ2v) is 9.74. The van der Waals surface area contributed by atoms with E-state index in [1.807, 2.05) is 47.8 Å². The van der Waals surface area contributed by atoms with Crippen LogP contribution in [0.3, 0.4) is 0 Å². The lowest BCUT2D eigenvalue weighted by atomic mass is 10.2. The fourth-order valence-electron chi connectivity index (χ4n) is 3.40. The number of nitrogens with one attached hydrogen (secondary N) is 2. The number of anilines is 3. The molecule has 0 bridgehead atoms. The van der Waals surface area contributed by atoms with Gasteiger partial charge in [-0.1, -0.05) is 30.0 Å². The van der Waals surface area contributed by atoms with Gasteiger partial charge in [0.05, 0.1) is 17.0 Å². The fourth-order valence-corrected chi connectivity index (χ4v) is 5.54. The van der Waals surface area contributed by atoms with E-state index >= 15 is 0 Å². The van der Waals surface area contributed by atoms with E-state index in [-0.39, 0.29) is 11.8 Å². The van der Waals surface area contributed by atoms with E-state index in [9.17, 15) is 9.59 Å². The maximum atomic E-state index is 11.4. The maximum absolute atomic E-state index is 11.4. The number of fused-ring (bicyclic) bond motifs is 2. The summed E-state index contributed by atoms with van der Waals surface area (Å²) in [6.07, 6.45) is 5.20. The van der Waals surface area contributed by atoms with Crippen LogP contribution in [0.15, 0.2) is 45.8 Å². The number of carbonyl (C=O) groups excluding carboxylic acids is 2. The molecule has 2 N–H and O–H groups in total. The van der Waals surface area contributed by atoms with E-state index in [4.69, 9.17) is 0 Å². The highest BCUT2D eigenvalue weighted by atomic mass is 32.2. The number of aryl methyl sites for hydroxylation is 1. The van der Waals surface area contributed by atoms with Crippen molar-refractivity contribution in [3.63, 3.8) is 0 Å². The third kappa shape index (κ3) is 4.91. The minimum absolute atomic E-state index is 0.141. The van der Waals surface area contributed by atoms with E-state index in [0.717, 1.165) is 37.5 Å². The first kappa shape index (κ1) is 22.9. The van der Waals surface area contributed by atoms with Crippen LogP contribution < -0.4 is 20.1 Å². The first-order valence-electron chi connectivity index (χ1n) is 10.4. The summed E-state index contributed by atoms with van der Waals surface area (Å²) in [5.41, 5.74) is 2.00. The summed E-state index contributed by atoms with van der Waals surface area (Å²) < 4.78 is 3.09. The Bertz CT molecular complexity index is 1330. The van der Waals surface area contributed by atoms with Gasteiger partial charge in [0, 0.05) is 27.0 Å². The number of rotatable bonds is 5. The topological polar surface area (TPSA) is 91.1 Å². The Morgan fingerprint density at radius 2 is 1.76 bits per heavy atom. The van der Waals surface area contributed by atoms with Crippen LogP contribution in [0.2, 0.25) is 0 Å². The molecular weight excluding hydrogens is 456 g/mol. The summed E-state index contributed by atoms with van der Waals surface area (Å²) in [5, 5.41) is 7.62. The molecule has 0 saturated carbocycles. The van der Waals surface area contributed by atoms with Gasteiger partial charge in [-0.25, -0.2) is 9.55 Å². The average molecular weight is 482 g/mol. The second-order valence-electron chi connectivity index (χ2n) is 7.61. The average Bonchev–Trinajstić information content (AvgIpc) is 3.23. The van der Waals surface area contributed by atoms with Crippen molar-refractivity contribution in [2.24, 2.45) is 7.05 Å². The number of aromatic nitrogens is 3. The lowest BCUT2D eigenvalue weighted by Gasteiger charge is -2.13. The number of thioether (sulfide) groups is 1. The zero-order valence-corrected chi connectivity index (χ0v) is 20.7. The molecule has 0 radical (unpaired) electrons. The van der Waals surface area contributed by atoms with Crippen molar-refractivity contribution in [2.75, 3.05) is 22.6 Å². The van der Waals surface area contributed by atoms with Crippen LogP contribution in [0.25, 0.3) is 16.4 Å². The monoisotopic (exact) mass is 481 g/mol. The Hall–Kier alpha value is -3.24. The Kier molecular flexibility index (Phi) is 6.48. The van der Waals surface area contributed by atoms with Gasteiger partial charge < -0.3 is 10.2 Å². The third-order valence-electron chi connectivity index (χ3n) is 5.04. The highest BCUT2D eigenvalue weighted by Crippen LogP contribution is 2.45. The van der Waals surface area contributed by atoms with Crippen molar-refractivity contribution in [1.29, 1.82) is 0 Å². The van der Waals surface area contributed by atoms with Crippen LogP contribution in [-0.2, 0) is 16.6 Å². The van der Waals surface area contributed by atoms with Gasteiger partial charge in [0.2, 0.25) is 17.6 Å². The Morgan fingerprint density at radius 1 is 1.09 bits per heavy atom. The van der Waals surface area contributed by atoms with Crippen LogP contribution in [0.1, 0.15) is 32.2 Å². The Balaban J connectivity index is 1.64. The van der Waals surface area contributed by atoms with Crippen LogP contribution >= 0.6 is 23.1 Å². The smallest absolute Gasteiger partial charge is 0.323 e.